The van der Waals surface area contributed by atoms with Gasteiger partial charge in [-0.25, -0.2) is 0 Å². The van der Waals surface area contributed by atoms with Crippen molar-refractivity contribution in [2.24, 2.45) is 0 Å². The van der Waals surface area contributed by atoms with Gasteiger partial charge in [-0.1, -0.05) is 0 Å². The molecule has 0 bridgehead atoms. The van der Waals surface area contributed by atoms with Gasteiger partial charge in [-0.15, -0.1) is 0 Å². The summed E-state index contributed by atoms with van der Waals surface area (Å²) in [7, 11) is 0. The molecule has 18 heavy (non-hydrogen) atoms. The average molecular weight is 250 g/mol. The lowest BCUT2D eigenvalue weighted by atomic mass is 10.0. The van der Waals surface area contributed by atoms with Crippen molar-refractivity contribution < 1.29 is 14.5 Å². The summed E-state index contributed by atoms with van der Waals surface area (Å²) in [6.07, 6.45) is 0.187. The molecule has 0 radical (unpaired) electrons. The molecule has 1 unspecified atom stereocenters. The van der Waals surface area contributed by atoms with Crippen LogP contribution in [-0.4, -0.2) is 36.5 Å². The van der Waals surface area contributed by atoms with Crippen LogP contribution in [0, 0.1) is 10.1 Å². The number of nitrogens with one attached hydrogen (secondary N) is 1. The van der Waals surface area contributed by atoms with E-state index >= 15 is 0 Å². The van der Waals surface area contributed by atoms with Gasteiger partial charge >= 0.3 is 0 Å². The van der Waals surface area contributed by atoms with Crippen LogP contribution < -0.4 is 5.32 Å². The molecule has 0 aliphatic carbocycles. The number of Topliss-reactive ketones (excluding diaryl/α,β-unsaturated/α-hetero) is 1. The molecule has 2 rings (SSSR count). The third kappa shape index (κ3) is 3.12. The maximum Gasteiger partial charge on any atom is 0.269 e. The molecule has 1 aliphatic heterocycles. The lowest BCUT2D eigenvalue weighted by molar-refractivity contribution is -0.384. The standard InChI is InChI=1S/C12H14N2O4/c15-12(7-11-8-13-5-6-18-11)9-1-3-10(4-2-9)14(16)17/h1-4,11,13H,5-8H2. The highest BCUT2D eigenvalue weighted by Crippen LogP contribution is 2.14. The molecule has 1 heterocycles. The van der Waals surface area contributed by atoms with Crippen LogP contribution in [0.3, 0.4) is 0 Å². The number of hydrogen-bond acceptors (Lipinski definition) is 5. The number of nitro benzene ring substituents is 1. The Hall–Kier alpha value is -1.79. The van der Waals surface area contributed by atoms with Gasteiger partial charge in [0.1, 0.15) is 0 Å². The lowest BCUT2D eigenvalue weighted by Gasteiger charge is -2.22. The van der Waals surface area contributed by atoms with Crippen molar-refractivity contribution in [3.05, 3.63) is 39.9 Å². The second kappa shape index (κ2) is 5.70. The molecule has 1 saturated heterocycles. The van der Waals surface area contributed by atoms with E-state index in [2.05, 4.69) is 5.32 Å². The van der Waals surface area contributed by atoms with Gasteiger partial charge in [-0.3, -0.25) is 14.9 Å². The van der Waals surface area contributed by atoms with E-state index < -0.39 is 4.92 Å². The highest BCUT2D eigenvalue weighted by Gasteiger charge is 2.18. The van der Waals surface area contributed by atoms with Gasteiger partial charge < -0.3 is 10.1 Å². The number of carbonyl (C=O) groups is 1. The number of morpholine rings is 1. The van der Waals surface area contributed by atoms with Crippen molar-refractivity contribution in [1.82, 2.24) is 5.32 Å². The number of nitro groups is 1. The van der Waals surface area contributed by atoms with Crippen LogP contribution >= 0.6 is 0 Å². The molecule has 0 aromatic heterocycles. The van der Waals surface area contributed by atoms with Gasteiger partial charge in [0.15, 0.2) is 5.78 Å². The van der Waals surface area contributed by atoms with Crippen LogP contribution in [0.4, 0.5) is 5.69 Å². The van der Waals surface area contributed by atoms with E-state index in [1.165, 1.54) is 24.3 Å². The maximum absolute atomic E-state index is 11.9. The largest absolute Gasteiger partial charge is 0.375 e. The minimum atomic E-state index is -0.484. The second-order valence-corrected chi connectivity index (χ2v) is 4.13. The Labute approximate surface area is 104 Å². The predicted molar refractivity (Wildman–Crippen MR) is 64.7 cm³/mol. The third-order valence-corrected chi connectivity index (χ3v) is 2.82. The number of hydrogen-bond donors (Lipinski definition) is 1. The smallest absolute Gasteiger partial charge is 0.269 e. The fraction of sp³-hybridized carbons (Fsp3) is 0.417. The third-order valence-electron chi connectivity index (χ3n) is 2.82. The Balaban J connectivity index is 1.97. The summed E-state index contributed by atoms with van der Waals surface area (Å²) < 4.78 is 5.44. The quantitative estimate of drug-likeness (QED) is 0.492. The number of rotatable bonds is 4. The molecule has 6 nitrogen and oxygen atoms in total. The van der Waals surface area contributed by atoms with E-state index in [4.69, 9.17) is 4.74 Å². The van der Waals surface area contributed by atoms with Gasteiger partial charge in [0.2, 0.25) is 0 Å². The number of benzene rings is 1. The van der Waals surface area contributed by atoms with Gasteiger partial charge in [-0.05, 0) is 12.1 Å². The van der Waals surface area contributed by atoms with Gasteiger partial charge in [0.25, 0.3) is 5.69 Å². The van der Waals surface area contributed by atoms with E-state index in [1.54, 1.807) is 0 Å². The molecule has 1 aromatic carbocycles. The highest BCUT2D eigenvalue weighted by atomic mass is 16.6. The van der Waals surface area contributed by atoms with Crippen LogP contribution in [-0.2, 0) is 4.74 Å². The highest BCUT2D eigenvalue weighted by molar-refractivity contribution is 5.96. The minimum Gasteiger partial charge on any atom is -0.375 e. The van der Waals surface area contributed by atoms with Crippen molar-refractivity contribution in [3.63, 3.8) is 0 Å². The molecule has 0 saturated carbocycles. The summed E-state index contributed by atoms with van der Waals surface area (Å²) in [5.41, 5.74) is 0.469. The first-order chi connectivity index (χ1) is 8.66. The van der Waals surface area contributed by atoms with E-state index in [0.29, 0.717) is 25.1 Å². The molecule has 1 atom stereocenters. The van der Waals surface area contributed by atoms with Crippen molar-refractivity contribution in [1.29, 1.82) is 0 Å². The van der Waals surface area contributed by atoms with Gasteiger partial charge in [-0.2, -0.15) is 0 Å². The Bertz CT molecular complexity index is 438. The van der Waals surface area contributed by atoms with Crippen LogP contribution in [0.25, 0.3) is 0 Å². The first kappa shape index (κ1) is 12.7. The summed E-state index contributed by atoms with van der Waals surface area (Å²) in [4.78, 5) is 21.9. The van der Waals surface area contributed by atoms with Crippen LogP contribution in [0.2, 0.25) is 0 Å². The summed E-state index contributed by atoms with van der Waals surface area (Å²) in [5.74, 6) is -0.0569. The lowest BCUT2D eigenvalue weighted by Crippen LogP contribution is -2.39. The van der Waals surface area contributed by atoms with E-state index in [9.17, 15) is 14.9 Å². The summed E-state index contributed by atoms with van der Waals surface area (Å²) in [6, 6.07) is 5.65. The first-order valence-corrected chi connectivity index (χ1v) is 5.77. The van der Waals surface area contributed by atoms with E-state index in [-0.39, 0.29) is 17.6 Å². The summed E-state index contributed by atoms with van der Waals surface area (Å²) in [6.45, 7) is 2.08. The molecule has 1 aromatic rings. The normalized spacial score (nSPS) is 19.4. The zero-order valence-corrected chi connectivity index (χ0v) is 9.80. The Morgan fingerprint density at radius 1 is 1.44 bits per heavy atom. The Kier molecular flexibility index (Phi) is 4.01. The maximum atomic E-state index is 11.9. The molecule has 0 amide bonds. The molecule has 1 fully saturated rings. The minimum absolute atomic E-state index is 0.0119. The average Bonchev–Trinajstić information content (AvgIpc) is 2.40. The van der Waals surface area contributed by atoms with E-state index in [1.807, 2.05) is 0 Å². The fourth-order valence-electron chi connectivity index (χ4n) is 1.84. The zero-order chi connectivity index (χ0) is 13.0. The molecular formula is C12H14N2O4. The van der Waals surface area contributed by atoms with Gasteiger partial charge in [0.05, 0.1) is 17.6 Å². The molecular weight excluding hydrogens is 236 g/mol. The second-order valence-electron chi connectivity index (χ2n) is 4.13. The zero-order valence-electron chi connectivity index (χ0n) is 9.80. The van der Waals surface area contributed by atoms with Crippen molar-refractivity contribution in [2.45, 2.75) is 12.5 Å². The topological polar surface area (TPSA) is 81.5 Å². The van der Waals surface area contributed by atoms with Crippen LogP contribution in [0.1, 0.15) is 16.8 Å². The molecule has 1 aliphatic rings. The summed E-state index contributed by atoms with van der Waals surface area (Å²) in [5, 5.41) is 13.6. The van der Waals surface area contributed by atoms with Crippen LogP contribution in [0.5, 0.6) is 0 Å². The number of ether oxygens (including phenoxy) is 1. The fourth-order valence-corrected chi connectivity index (χ4v) is 1.84. The van der Waals surface area contributed by atoms with Crippen LogP contribution in [0.15, 0.2) is 24.3 Å². The predicted octanol–water partition coefficient (Wildman–Crippen LogP) is 1.16. The van der Waals surface area contributed by atoms with Crippen molar-refractivity contribution in [3.8, 4) is 0 Å². The number of nitrogens with zero attached hydrogens (tertiary/aromatic N) is 1. The van der Waals surface area contributed by atoms with E-state index in [0.717, 1.165) is 6.54 Å². The first-order valence-electron chi connectivity index (χ1n) is 5.77. The Morgan fingerprint density at radius 3 is 2.72 bits per heavy atom. The SMILES string of the molecule is O=C(CC1CNCCO1)c1ccc([N+](=O)[O-])cc1. The molecule has 96 valence electrons. The number of non-ortho nitro benzene ring substituents is 1. The number of ketones is 1. The number of carbonyl (C=O) groups excluding carboxylic acids is 1. The molecule has 1 N–H and O–H groups in total. The Morgan fingerprint density at radius 2 is 2.17 bits per heavy atom. The monoisotopic (exact) mass is 250 g/mol. The van der Waals surface area contributed by atoms with Crippen molar-refractivity contribution >= 4 is 11.5 Å². The van der Waals surface area contributed by atoms with Gasteiger partial charge in [0, 0.05) is 37.2 Å². The molecule has 6 heteroatoms. The summed E-state index contributed by atoms with van der Waals surface area (Å²) >= 11 is 0. The van der Waals surface area contributed by atoms with Crippen molar-refractivity contribution in [2.75, 3.05) is 19.7 Å². The molecule has 0 spiro atoms.